The van der Waals surface area contributed by atoms with E-state index in [-0.39, 0.29) is 16.8 Å². The zero-order valence-electron chi connectivity index (χ0n) is 6.81. The van der Waals surface area contributed by atoms with Crippen molar-refractivity contribution < 1.29 is 9.90 Å². The Morgan fingerprint density at radius 3 is 2.62 bits per heavy atom. The molecule has 0 aliphatic heterocycles. The van der Waals surface area contributed by atoms with E-state index in [1.165, 1.54) is 0 Å². The van der Waals surface area contributed by atoms with Gasteiger partial charge in [-0.15, -0.1) is 0 Å². The predicted molar refractivity (Wildman–Crippen MR) is 49.3 cm³/mol. The van der Waals surface area contributed by atoms with Crippen LogP contribution in [0.25, 0.3) is 0 Å². The molecule has 0 aliphatic carbocycles. The maximum atomic E-state index is 10.6. The highest BCUT2D eigenvalue weighted by molar-refractivity contribution is 7.15. The normalized spacial score (nSPS) is 9.62. The Balaban J connectivity index is 3.09. The summed E-state index contributed by atoms with van der Waals surface area (Å²) in [4.78, 5) is 18.5. The number of aromatic carboxylic acids is 1. The van der Waals surface area contributed by atoms with Gasteiger partial charge in [0.15, 0.2) is 11.7 Å². The first-order chi connectivity index (χ1) is 6.00. The fraction of sp³-hybridized carbons (Fsp3) is 0.167. The second kappa shape index (κ2) is 3.40. The second-order valence-electron chi connectivity index (χ2n) is 2.24. The van der Waals surface area contributed by atoms with Gasteiger partial charge >= 0.3 is 5.97 Å². The summed E-state index contributed by atoms with van der Waals surface area (Å²) < 4.78 is 0. The lowest BCUT2D eigenvalue weighted by molar-refractivity contribution is 0.0690. The topological polar surface area (TPSA) is 115 Å². The van der Waals surface area contributed by atoms with E-state index in [4.69, 9.17) is 16.6 Å². The molecule has 7 heteroatoms. The van der Waals surface area contributed by atoms with E-state index in [1.807, 2.05) is 0 Å². The summed E-state index contributed by atoms with van der Waals surface area (Å²) in [6.07, 6.45) is 0. The fourth-order valence-electron chi connectivity index (χ4n) is 0.739. The highest BCUT2D eigenvalue weighted by Gasteiger charge is 2.13. The Morgan fingerprint density at radius 1 is 1.62 bits per heavy atom. The molecular formula is C6H8N4O2S. The van der Waals surface area contributed by atoms with Crippen LogP contribution in [0.4, 0.5) is 5.13 Å². The number of aryl methyl sites for hydroxylation is 1. The lowest BCUT2D eigenvalue weighted by atomic mass is 10.4. The van der Waals surface area contributed by atoms with Crippen LogP contribution in [0.2, 0.25) is 0 Å². The molecule has 0 spiro atoms. The first kappa shape index (κ1) is 9.46. The van der Waals surface area contributed by atoms with E-state index in [9.17, 15) is 4.79 Å². The summed E-state index contributed by atoms with van der Waals surface area (Å²) in [5.74, 6) is -1.21. The van der Waals surface area contributed by atoms with Crippen LogP contribution in [0, 0.1) is 6.92 Å². The number of aromatic nitrogens is 1. The molecule has 5 N–H and O–H groups in total. The predicted octanol–water partition coefficient (Wildman–Crippen LogP) is 0.0546. The average molecular weight is 200 g/mol. The average Bonchev–Trinajstić information content (AvgIpc) is 2.29. The number of hydrogen-bond acceptors (Lipinski definition) is 4. The molecule has 0 radical (unpaired) electrons. The standard InChI is InChI=1S/C6H8N4O2S/c1-2-3(4(11)12)9-6(13-2)10-5(7)8/h1H3,(H,11,12)(H4,7,8,9,10). The third-order valence-corrected chi connectivity index (χ3v) is 2.08. The van der Waals surface area contributed by atoms with Crippen LogP contribution in [0.1, 0.15) is 15.4 Å². The Labute approximate surface area is 77.9 Å². The SMILES string of the molecule is Cc1sc(N=C(N)N)nc1C(=O)O. The molecule has 13 heavy (non-hydrogen) atoms. The minimum absolute atomic E-state index is 0.00926. The van der Waals surface area contributed by atoms with E-state index in [1.54, 1.807) is 6.92 Å². The summed E-state index contributed by atoms with van der Waals surface area (Å²) in [6.45, 7) is 1.65. The highest BCUT2D eigenvalue weighted by atomic mass is 32.1. The zero-order chi connectivity index (χ0) is 10.0. The van der Waals surface area contributed by atoms with Gasteiger partial charge in [0.2, 0.25) is 5.13 Å². The Kier molecular flexibility index (Phi) is 2.47. The molecule has 1 aromatic rings. The smallest absolute Gasteiger partial charge is 0.355 e. The third kappa shape index (κ3) is 2.15. The van der Waals surface area contributed by atoms with Crippen molar-refractivity contribution in [2.45, 2.75) is 6.92 Å². The van der Waals surface area contributed by atoms with Crippen LogP contribution in [0.5, 0.6) is 0 Å². The van der Waals surface area contributed by atoms with Crippen LogP contribution in [0.15, 0.2) is 4.99 Å². The van der Waals surface area contributed by atoms with E-state index >= 15 is 0 Å². The molecule has 6 nitrogen and oxygen atoms in total. The summed E-state index contributed by atoms with van der Waals surface area (Å²) >= 11 is 1.13. The quantitative estimate of drug-likeness (QED) is 0.461. The van der Waals surface area contributed by atoms with Gasteiger partial charge in [-0.1, -0.05) is 11.3 Å². The number of carbonyl (C=O) groups is 1. The molecule has 70 valence electrons. The molecule has 0 saturated carbocycles. The van der Waals surface area contributed by atoms with Crippen molar-refractivity contribution in [3.63, 3.8) is 0 Å². The van der Waals surface area contributed by atoms with E-state index in [0.717, 1.165) is 11.3 Å². The second-order valence-corrected chi connectivity index (χ2v) is 3.42. The van der Waals surface area contributed by atoms with Gasteiger partial charge in [-0.25, -0.2) is 9.78 Å². The lowest BCUT2D eigenvalue weighted by Gasteiger charge is -1.86. The van der Waals surface area contributed by atoms with Crippen molar-refractivity contribution in [2.75, 3.05) is 0 Å². The number of rotatable bonds is 2. The molecule has 0 bridgehead atoms. The minimum Gasteiger partial charge on any atom is -0.476 e. The number of nitrogens with two attached hydrogens (primary N) is 2. The van der Waals surface area contributed by atoms with E-state index in [0.29, 0.717) is 4.88 Å². The number of aliphatic imine (C=N–C) groups is 1. The molecule has 1 aromatic heterocycles. The monoisotopic (exact) mass is 200 g/mol. The Hall–Kier alpha value is -1.63. The fourth-order valence-corrected chi connectivity index (χ4v) is 1.53. The maximum absolute atomic E-state index is 10.6. The highest BCUT2D eigenvalue weighted by Crippen LogP contribution is 2.24. The largest absolute Gasteiger partial charge is 0.476 e. The summed E-state index contributed by atoms with van der Waals surface area (Å²) in [7, 11) is 0. The number of nitrogens with zero attached hydrogens (tertiary/aromatic N) is 2. The number of thiazole rings is 1. The molecule has 0 atom stereocenters. The van der Waals surface area contributed by atoms with Gasteiger partial charge in [0.25, 0.3) is 0 Å². The van der Waals surface area contributed by atoms with Gasteiger partial charge < -0.3 is 16.6 Å². The minimum atomic E-state index is -1.08. The van der Waals surface area contributed by atoms with Crippen molar-refractivity contribution in [1.82, 2.24) is 4.98 Å². The van der Waals surface area contributed by atoms with Crippen LogP contribution in [-0.4, -0.2) is 22.0 Å². The number of carboxylic acids is 1. The first-order valence-corrected chi connectivity index (χ1v) is 4.12. The number of guanidine groups is 1. The summed E-state index contributed by atoms with van der Waals surface area (Å²) in [5.41, 5.74) is 10.2. The van der Waals surface area contributed by atoms with Crippen molar-refractivity contribution in [3.05, 3.63) is 10.6 Å². The number of carboxylic acid groups (broad SMARTS) is 1. The van der Waals surface area contributed by atoms with Gasteiger partial charge in [-0.2, -0.15) is 4.99 Å². The van der Waals surface area contributed by atoms with Crippen LogP contribution >= 0.6 is 11.3 Å². The summed E-state index contributed by atoms with van der Waals surface area (Å²) in [5, 5.41) is 8.91. The molecular weight excluding hydrogens is 192 g/mol. The molecule has 0 unspecified atom stereocenters. The van der Waals surface area contributed by atoms with Crippen LogP contribution in [0.3, 0.4) is 0 Å². The summed E-state index contributed by atoms with van der Waals surface area (Å²) in [6, 6.07) is 0. The van der Waals surface area contributed by atoms with Crippen molar-refractivity contribution in [3.8, 4) is 0 Å². The third-order valence-electron chi connectivity index (χ3n) is 1.21. The molecule has 1 heterocycles. The van der Waals surface area contributed by atoms with Gasteiger partial charge in [-0.3, -0.25) is 0 Å². The van der Waals surface area contributed by atoms with Gasteiger partial charge in [0, 0.05) is 4.88 Å². The van der Waals surface area contributed by atoms with E-state index < -0.39 is 5.97 Å². The lowest BCUT2D eigenvalue weighted by Crippen LogP contribution is -2.21. The molecule has 1 rings (SSSR count). The Bertz CT molecular complexity index is 367. The van der Waals surface area contributed by atoms with Crippen molar-refractivity contribution in [1.29, 1.82) is 0 Å². The van der Waals surface area contributed by atoms with Crippen LogP contribution in [-0.2, 0) is 0 Å². The van der Waals surface area contributed by atoms with Crippen molar-refractivity contribution >= 4 is 28.4 Å². The number of hydrogen-bond donors (Lipinski definition) is 3. The molecule has 0 saturated heterocycles. The van der Waals surface area contributed by atoms with Crippen molar-refractivity contribution in [2.24, 2.45) is 16.5 Å². The Morgan fingerprint density at radius 2 is 2.23 bits per heavy atom. The zero-order valence-corrected chi connectivity index (χ0v) is 7.63. The first-order valence-electron chi connectivity index (χ1n) is 3.31. The molecule has 0 aliphatic rings. The van der Waals surface area contributed by atoms with Gasteiger partial charge in [0.1, 0.15) is 0 Å². The van der Waals surface area contributed by atoms with Crippen LogP contribution < -0.4 is 11.5 Å². The van der Waals surface area contributed by atoms with Gasteiger partial charge in [-0.05, 0) is 6.92 Å². The van der Waals surface area contributed by atoms with E-state index in [2.05, 4.69) is 9.98 Å². The molecule has 0 amide bonds. The van der Waals surface area contributed by atoms with Gasteiger partial charge in [0.05, 0.1) is 0 Å². The molecule has 0 aromatic carbocycles. The molecule has 0 fully saturated rings. The maximum Gasteiger partial charge on any atom is 0.355 e.